The van der Waals surface area contributed by atoms with Gasteiger partial charge in [0, 0.05) is 17.8 Å². The van der Waals surface area contributed by atoms with E-state index in [1.807, 2.05) is 13.8 Å². The van der Waals surface area contributed by atoms with Crippen LogP contribution in [-0.2, 0) is 4.79 Å². The van der Waals surface area contributed by atoms with Gasteiger partial charge in [-0.1, -0.05) is 20.3 Å². The Balaban J connectivity index is 2.73. The Morgan fingerprint density at radius 2 is 2.31 bits per heavy atom. The van der Waals surface area contributed by atoms with E-state index in [1.165, 1.54) is 6.42 Å². The molecule has 1 saturated carbocycles. The molecular weight excluding hydrogens is 160 g/mol. The molecule has 0 amide bonds. The SMILES string of the molecule is CC#CCC1(C)CCCC(C)C1=O. The lowest BCUT2D eigenvalue weighted by Crippen LogP contribution is -2.36. The summed E-state index contributed by atoms with van der Waals surface area (Å²) in [5, 5.41) is 0. The van der Waals surface area contributed by atoms with Gasteiger partial charge in [-0.3, -0.25) is 4.79 Å². The van der Waals surface area contributed by atoms with Crippen LogP contribution in [0.3, 0.4) is 0 Å². The number of carbonyl (C=O) groups excluding carboxylic acids is 1. The summed E-state index contributed by atoms with van der Waals surface area (Å²) in [5.74, 6) is 6.58. The van der Waals surface area contributed by atoms with Crippen molar-refractivity contribution in [3.05, 3.63) is 0 Å². The van der Waals surface area contributed by atoms with Crippen LogP contribution < -0.4 is 0 Å². The van der Waals surface area contributed by atoms with Gasteiger partial charge >= 0.3 is 0 Å². The number of rotatable bonds is 1. The summed E-state index contributed by atoms with van der Waals surface area (Å²) in [5.41, 5.74) is -0.152. The Morgan fingerprint density at radius 3 is 2.92 bits per heavy atom. The zero-order chi connectivity index (χ0) is 9.90. The maximum absolute atomic E-state index is 11.9. The van der Waals surface area contributed by atoms with E-state index in [2.05, 4.69) is 18.8 Å². The first-order valence-electron chi connectivity index (χ1n) is 5.04. The molecule has 1 heteroatoms. The molecule has 0 heterocycles. The molecule has 2 atom stereocenters. The van der Waals surface area contributed by atoms with E-state index in [-0.39, 0.29) is 11.3 Å². The molecule has 1 aliphatic rings. The summed E-state index contributed by atoms with van der Waals surface area (Å²) >= 11 is 0. The Kier molecular flexibility index (Phi) is 3.14. The van der Waals surface area contributed by atoms with Crippen LogP contribution in [0.1, 0.15) is 46.5 Å². The molecule has 0 aromatic rings. The monoisotopic (exact) mass is 178 g/mol. The van der Waals surface area contributed by atoms with E-state index in [0.717, 1.165) is 19.3 Å². The summed E-state index contributed by atoms with van der Waals surface area (Å²) in [6, 6.07) is 0. The van der Waals surface area contributed by atoms with Crippen LogP contribution in [0.4, 0.5) is 0 Å². The van der Waals surface area contributed by atoms with Crippen LogP contribution in [0.5, 0.6) is 0 Å². The summed E-state index contributed by atoms with van der Waals surface area (Å²) in [6.07, 6.45) is 4.00. The van der Waals surface area contributed by atoms with Gasteiger partial charge in [-0.2, -0.15) is 0 Å². The number of Topliss-reactive ketones (excluding diaryl/α,β-unsaturated/α-hetero) is 1. The molecule has 1 aliphatic carbocycles. The van der Waals surface area contributed by atoms with E-state index in [1.54, 1.807) is 0 Å². The molecule has 0 aliphatic heterocycles. The van der Waals surface area contributed by atoms with Gasteiger partial charge in [0.15, 0.2) is 0 Å². The topological polar surface area (TPSA) is 17.1 Å². The third-order valence-electron chi connectivity index (χ3n) is 3.06. The highest BCUT2D eigenvalue weighted by Gasteiger charge is 2.38. The second-order valence-corrected chi connectivity index (χ2v) is 4.32. The van der Waals surface area contributed by atoms with Gasteiger partial charge in [0.2, 0.25) is 0 Å². The predicted octanol–water partition coefficient (Wildman–Crippen LogP) is 2.80. The fourth-order valence-corrected chi connectivity index (χ4v) is 2.11. The number of hydrogen-bond acceptors (Lipinski definition) is 1. The van der Waals surface area contributed by atoms with Crippen LogP contribution in [0.15, 0.2) is 0 Å². The maximum atomic E-state index is 11.9. The molecule has 1 nitrogen and oxygen atoms in total. The first-order valence-corrected chi connectivity index (χ1v) is 5.04. The third-order valence-corrected chi connectivity index (χ3v) is 3.06. The molecule has 1 fully saturated rings. The van der Waals surface area contributed by atoms with Crippen molar-refractivity contribution >= 4 is 5.78 Å². The van der Waals surface area contributed by atoms with Gasteiger partial charge in [-0.05, 0) is 19.8 Å². The zero-order valence-electron chi connectivity index (χ0n) is 8.81. The minimum Gasteiger partial charge on any atom is -0.299 e. The Labute approximate surface area is 80.9 Å². The number of ketones is 1. The van der Waals surface area contributed by atoms with Crippen molar-refractivity contribution in [1.82, 2.24) is 0 Å². The minimum absolute atomic E-state index is 0.152. The van der Waals surface area contributed by atoms with Gasteiger partial charge in [-0.25, -0.2) is 0 Å². The first kappa shape index (κ1) is 10.3. The molecule has 0 spiro atoms. The molecule has 0 aromatic carbocycles. The molecule has 0 bridgehead atoms. The second-order valence-electron chi connectivity index (χ2n) is 4.32. The molecule has 2 unspecified atom stereocenters. The van der Waals surface area contributed by atoms with Crippen molar-refractivity contribution in [1.29, 1.82) is 0 Å². The van der Waals surface area contributed by atoms with Crippen molar-refractivity contribution in [3.8, 4) is 11.8 Å². The van der Waals surface area contributed by atoms with E-state index < -0.39 is 0 Å². The summed E-state index contributed by atoms with van der Waals surface area (Å²) in [6.45, 7) is 5.94. The fourth-order valence-electron chi connectivity index (χ4n) is 2.11. The van der Waals surface area contributed by atoms with Crippen molar-refractivity contribution in [2.75, 3.05) is 0 Å². The van der Waals surface area contributed by atoms with Gasteiger partial charge in [0.25, 0.3) is 0 Å². The molecule has 0 radical (unpaired) electrons. The van der Waals surface area contributed by atoms with Crippen LogP contribution in [0.25, 0.3) is 0 Å². The first-order chi connectivity index (χ1) is 6.10. The van der Waals surface area contributed by atoms with Crippen LogP contribution in [0.2, 0.25) is 0 Å². The van der Waals surface area contributed by atoms with Crippen molar-refractivity contribution in [3.63, 3.8) is 0 Å². The van der Waals surface area contributed by atoms with Crippen LogP contribution >= 0.6 is 0 Å². The third kappa shape index (κ3) is 2.12. The van der Waals surface area contributed by atoms with Crippen molar-refractivity contribution in [2.24, 2.45) is 11.3 Å². The Hall–Kier alpha value is -0.770. The Morgan fingerprint density at radius 1 is 1.62 bits per heavy atom. The largest absolute Gasteiger partial charge is 0.299 e. The number of hydrogen-bond donors (Lipinski definition) is 0. The van der Waals surface area contributed by atoms with Crippen molar-refractivity contribution in [2.45, 2.75) is 46.5 Å². The molecule has 1 rings (SSSR count). The van der Waals surface area contributed by atoms with E-state index in [9.17, 15) is 4.79 Å². The van der Waals surface area contributed by atoms with Gasteiger partial charge in [0.05, 0.1) is 0 Å². The zero-order valence-corrected chi connectivity index (χ0v) is 8.81. The fraction of sp³-hybridized carbons (Fsp3) is 0.750. The van der Waals surface area contributed by atoms with Crippen molar-refractivity contribution < 1.29 is 4.79 Å². The quantitative estimate of drug-likeness (QED) is 0.564. The summed E-state index contributed by atoms with van der Waals surface area (Å²) in [4.78, 5) is 11.9. The van der Waals surface area contributed by atoms with Gasteiger partial charge in [0.1, 0.15) is 5.78 Å². The molecule has 0 aromatic heterocycles. The number of carbonyl (C=O) groups is 1. The minimum atomic E-state index is -0.152. The molecule has 0 saturated heterocycles. The van der Waals surface area contributed by atoms with E-state index in [4.69, 9.17) is 0 Å². The summed E-state index contributed by atoms with van der Waals surface area (Å²) in [7, 11) is 0. The standard InChI is InChI=1S/C12H18O/c1-4-5-8-12(3)9-6-7-10(2)11(12)13/h10H,6-9H2,1-3H3. The molecule has 72 valence electrons. The smallest absolute Gasteiger partial charge is 0.142 e. The van der Waals surface area contributed by atoms with Gasteiger partial charge < -0.3 is 0 Å². The highest BCUT2D eigenvalue weighted by molar-refractivity contribution is 5.87. The predicted molar refractivity (Wildman–Crippen MR) is 54.2 cm³/mol. The lowest BCUT2D eigenvalue weighted by molar-refractivity contribution is -0.134. The second kappa shape index (κ2) is 3.96. The summed E-state index contributed by atoms with van der Waals surface area (Å²) < 4.78 is 0. The Bertz CT molecular complexity index is 256. The van der Waals surface area contributed by atoms with E-state index >= 15 is 0 Å². The van der Waals surface area contributed by atoms with Crippen LogP contribution in [0, 0.1) is 23.2 Å². The average molecular weight is 178 g/mol. The lowest BCUT2D eigenvalue weighted by atomic mass is 9.68. The van der Waals surface area contributed by atoms with E-state index in [0.29, 0.717) is 5.78 Å². The maximum Gasteiger partial charge on any atom is 0.142 e. The molecular formula is C12H18O. The lowest BCUT2D eigenvalue weighted by Gasteiger charge is -2.33. The normalized spacial score (nSPS) is 33.8. The molecule has 13 heavy (non-hydrogen) atoms. The van der Waals surface area contributed by atoms with Gasteiger partial charge in [-0.15, -0.1) is 11.8 Å². The average Bonchev–Trinajstić information content (AvgIpc) is 2.11. The highest BCUT2D eigenvalue weighted by atomic mass is 16.1. The highest BCUT2D eigenvalue weighted by Crippen LogP contribution is 2.38. The molecule has 0 N–H and O–H groups in total. The van der Waals surface area contributed by atoms with Crippen LogP contribution in [-0.4, -0.2) is 5.78 Å².